The second-order valence-electron chi connectivity index (χ2n) is 3.42. The van der Waals surface area contributed by atoms with Gasteiger partial charge in [0.15, 0.2) is 18.6 Å². The normalized spacial score (nSPS) is 16.8. The Morgan fingerprint density at radius 3 is 2.71 bits per heavy atom. The third-order valence-corrected chi connectivity index (χ3v) is 2.24. The summed E-state index contributed by atoms with van der Waals surface area (Å²) >= 11 is 0. The first-order chi connectivity index (χ1) is 8.40. The van der Waals surface area contributed by atoms with Gasteiger partial charge in [-0.1, -0.05) is 35.5 Å². The van der Waals surface area contributed by atoms with Crippen molar-refractivity contribution in [2.24, 2.45) is 5.16 Å². The van der Waals surface area contributed by atoms with E-state index in [9.17, 15) is 0 Å². The van der Waals surface area contributed by atoms with Gasteiger partial charge in [0, 0.05) is 5.56 Å². The fraction of sp³-hybridized carbons (Fsp3) is 0.308. The molecule has 1 aromatic carbocycles. The van der Waals surface area contributed by atoms with Crippen LogP contribution in [-0.4, -0.2) is 31.8 Å². The third-order valence-electron chi connectivity index (χ3n) is 2.24. The van der Waals surface area contributed by atoms with Crippen molar-refractivity contribution < 1.29 is 14.3 Å². The van der Waals surface area contributed by atoms with E-state index < -0.39 is 0 Å². The minimum atomic E-state index is -0.339. The van der Waals surface area contributed by atoms with Gasteiger partial charge < -0.3 is 14.3 Å². The lowest BCUT2D eigenvalue weighted by atomic mass is 10.1. The van der Waals surface area contributed by atoms with Gasteiger partial charge in [0.1, 0.15) is 0 Å². The predicted molar refractivity (Wildman–Crippen MR) is 63.5 cm³/mol. The molecule has 1 fully saturated rings. The van der Waals surface area contributed by atoms with Gasteiger partial charge in [-0.25, -0.2) is 0 Å². The molecule has 0 saturated carbocycles. The third kappa shape index (κ3) is 3.31. The second kappa shape index (κ2) is 6.04. The first kappa shape index (κ1) is 11.6. The molecule has 0 spiro atoms. The molecule has 4 heteroatoms. The van der Waals surface area contributed by atoms with Gasteiger partial charge in [-0.2, -0.15) is 0 Å². The monoisotopic (exact) mass is 231 g/mol. The average Bonchev–Trinajstić information content (AvgIpc) is 2.89. The van der Waals surface area contributed by atoms with Gasteiger partial charge in [0.05, 0.1) is 13.2 Å². The van der Waals surface area contributed by atoms with Crippen LogP contribution in [0, 0.1) is 12.3 Å². The van der Waals surface area contributed by atoms with Gasteiger partial charge in [-0.3, -0.25) is 0 Å². The number of ether oxygens (including phenoxy) is 2. The van der Waals surface area contributed by atoms with Crippen LogP contribution in [0.15, 0.2) is 35.5 Å². The summed E-state index contributed by atoms with van der Waals surface area (Å²) in [4.78, 5) is 5.12. The van der Waals surface area contributed by atoms with Gasteiger partial charge in [-0.05, 0) is 5.92 Å². The highest BCUT2D eigenvalue weighted by atomic mass is 16.7. The predicted octanol–water partition coefficient (Wildman–Crippen LogP) is 1.41. The van der Waals surface area contributed by atoms with E-state index in [0.717, 1.165) is 5.56 Å². The molecule has 4 nitrogen and oxygen atoms in total. The van der Waals surface area contributed by atoms with Gasteiger partial charge >= 0.3 is 0 Å². The lowest BCUT2D eigenvalue weighted by molar-refractivity contribution is -0.0933. The number of hydrogen-bond acceptors (Lipinski definition) is 4. The Hall–Kier alpha value is -1.83. The minimum absolute atomic E-state index is 0.248. The molecule has 88 valence electrons. The highest BCUT2D eigenvalue weighted by molar-refractivity contribution is 6.12. The van der Waals surface area contributed by atoms with Crippen molar-refractivity contribution >= 4 is 5.71 Å². The minimum Gasteiger partial charge on any atom is -0.389 e. The maximum absolute atomic E-state index is 5.38. The van der Waals surface area contributed by atoms with E-state index in [4.69, 9.17) is 20.7 Å². The fourth-order valence-electron chi connectivity index (χ4n) is 1.42. The van der Waals surface area contributed by atoms with Crippen molar-refractivity contribution in [3.05, 3.63) is 35.9 Å². The van der Waals surface area contributed by atoms with Crippen LogP contribution in [0.1, 0.15) is 5.56 Å². The zero-order chi connectivity index (χ0) is 11.9. The summed E-state index contributed by atoms with van der Waals surface area (Å²) in [6.07, 6.45) is 5.04. The molecule has 0 atom stereocenters. The number of oxime groups is 1. The zero-order valence-electron chi connectivity index (χ0n) is 9.33. The van der Waals surface area contributed by atoms with Crippen molar-refractivity contribution in [2.75, 3.05) is 19.8 Å². The largest absolute Gasteiger partial charge is 0.389 e. The van der Waals surface area contributed by atoms with Crippen molar-refractivity contribution in [3.63, 3.8) is 0 Å². The Bertz CT molecular complexity index is 416. The number of rotatable bonds is 4. The summed E-state index contributed by atoms with van der Waals surface area (Å²) in [5, 5.41) is 3.90. The maximum atomic E-state index is 5.38. The van der Waals surface area contributed by atoms with Crippen LogP contribution in [0.3, 0.4) is 0 Å². The van der Waals surface area contributed by atoms with E-state index in [-0.39, 0.29) is 12.9 Å². The Morgan fingerprint density at radius 1 is 1.35 bits per heavy atom. The summed E-state index contributed by atoms with van der Waals surface area (Å²) in [6, 6.07) is 9.46. The number of benzene rings is 1. The quantitative estimate of drug-likeness (QED) is 0.447. The van der Waals surface area contributed by atoms with Gasteiger partial charge in [0.2, 0.25) is 0 Å². The summed E-state index contributed by atoms with van der Waals surface area (Å²) < 4.78 is 10.4. The highest BCUT2D eigenvalue weighted by Crippen LogP contribution is 2.05. The molecule has 1 aliphatic heterocycles. The van der Waals surface area contributed by atoms with E-state index in [1.165, 1.54) is 0 Å². The van der Waals surface area contributed by atoms with Crippen molar-refractivity contribution in [2.45, 2.75) is 6.29 Å². The van der Waals surface area contributed by atoms with E-state index in [1.807, 2.05) is 30.3 Å². The van der Waals surface area contributed by atoms with E-state index in [1.54, 1.807) is 0 Å². The number of nitrogens with zero attached hydrogens (tertiary/aromatic N) is 1. The van der Waals surface area contributed by atoms with Crippen LogP contribution in [0.5, 0.6) is 0 Å². The molecule has 0 aromatic heterocycles. The molecule has 2 rings (SSSR count). The van der Waals surface area contributed by atoms with Crippen molar-refractivity contribution in [3.8, 4) is 12.3 Å². The second-order valence-corrected chi connectivity index (χ2v) is 3.42. The fourth-order valence-corrected chi connectivity index (χ4v) is 1.42. The lowest BCUT2D eigenvalue weighted by Crippen LogP contribution is -2.15. The van der Waals surface area contributed by atoms with Crippen LogP contribution < -0.4 is 0 Å². The lowest BCUT2D eigenvalue weighted by Gasteiger charge is -2.07. The average molecular weight is 231 g/mol. The van der Waals surface area contributed by atoms with Gasteiger partial charge in [-0.15, -0.1) is 6.42 Å². The van der Waals surface area contributed by atoms with E-state index in [2.05, 4.69) is 11.1 Å². The van der Waals surface area contributed by atoms with E-state index >= 15 is 0 Å². The van der Waals surface area contributed by atoms with Crippen LogP contribution in [0.4, 0.5) is 0 Å². The molecule has 1 aromatic rings. The number of hydrogen-bond donors (Lipinski definition) is 0. The Kier molecular flexibility index (Phi) is 4.14. The zero-order valence-corrected chi connectivity index (χ0v) is 9.33. The van der Waals surface area contributed by atoms with Crippen LogP contribution in [0.25, 0.3) is 0 Å². The molecule has 0 unspecified atom stereocenters. The molecule has 0 radical (unpaired) electrons. The first-order valence-corrected chi connectivity index (χ1v) is 5.35. The molecular formula is C13H13NO3. The molecule has 0 amide bonds. The molecule has 0 bridgehead atoms. The molecule has 0 N–H and O–H groups in total. The molecule has 1 aliphatic rings. The summed E-state index contributed by atoms with van der Waals surface area (Å²) in [6.45, 7) is 1.44. The smallest absolute Gasteiger partial charge is 0.194 e. The molecule has 0 aliphatic carbocycles. The van der Waals surface area contributed by atoms with E-state index in [0.29, 0.717) is 18.9 Å². The molecule has 1 saturated heterocycles. The molecule has 17 heavy (non-hydrogen) atoms. The van der Waals surface area contributed by atoms with Crippen molar-refractivity contribution in [1.82, 2.24) is 0 Å². The Labute approximate surface area is 100 Å². The standard InChI is InChI=1S/C13H13NO3/c1-2-12(11-6-4-3-5-7-11)14-17-10-13-15-8-9-16-13/h1,3-7,13H,8-10H2. The summed E-state index contributed by atoms with van der Waals surface area (Å²) in [5.74, 6) is 2.49. The van der Waals surface area contributed by atoms with Crippen LogP contribution in [0.2, 0.25) is 0 Å². The maximum Gasteiger partial charge on any atom is 0.194 e. The topological polar surface area (TPSA) is 40.0 Å². The van der Waals surface area contributed by atoms with Crippen LogP contribution in [-0.2, 0) is 14.3 Å². The molecular weight excluding hydrogens is 218 g/mol. The highest BCUT2D eigenvalue weighted by Gasteiger charge is 2.16. The van der Waals surface area contributed by atoms with Crippen molar-refractivity contribution in [1.29, 1.82) is 0 Å². The Balaban J connectivity index is 1.92. The van der Waals surface area contributed by atoms with Crippen LogP contribution >= 0.6 is 0 Å². The summed E-state index contributed by atoms with van der Waals surface area (Å²) in [5.41, 5.74) is 1.31. The molecule has 1 heterocycles. The SMILES string of the molecule is C#CC(=NOCC1OCCO1)c1ccccc1. The first-order valence-electron chi connectivity index (χ1n) is 5.35. The number of terminal acetylenes is 1. The summed E-state index contributed by atoms with van der Waals surface area (Å²) in [7, 11) is 0. The van der Waals surface area contributed by atoms with Gasteiger partial charge in [0.25, 0.3) is 0 Å². The Morgan fingerprint density at radius 2 is 2.06 bits per heavy atom.